The number of nitrogens with one attached hydrogen (secondary N) is 1. The molecule has 0 radical (unpaired) electrons. The van der Waals surface area contributed by atoms with Crippen LogP contribution in [0.25, 0.3) is 10.9 Å². The summed E-state index contributed by atoms with van der Waals surface area (Å²) in [4.78, 5) is 17.6. The summed E-state index contributed by atoms with van der Waals surface area (Å²) in [5, 5.41) is 12.5. The van der Waals surface area contributed by atoms with Gasteiger partial charge in [0.1, 0.15) is 0 Å². The molecule has 0 bridgehead atoms. The lowest BCUT2D eigenvalue weighted by atomic mass is 10.0. The van der Waals surface area contributed by atoms with E-state index in [9.17, 15) is 4.79 Å². The maximum atomic E-state index is 12.3. The summed E-state index contributed by atoms with van der Waals surface area (Å²) in [5.74, 6) is -0.120. The number of rotatable bonds is 6. The van der Waals surface area contributed by atoms with Crippen LogP contribution in [0.15, 0.2) is 65.9 Å². The fourth-order valence-corrected chi connectivity index (χ4v) is 3.08. The molecular formula is C20H20N4O2. The minimum Gasteiger partial charge on any atom is -0.382 e. The van der Waals surface area contributed by atoms with Gasteiger partial charge in [0.15, 0.2) is 0 Å². The quantitative estimate of drug-likeness (QED) is 0.697. The molecule has 4 rings (SSSR count). The number of aryl methyl sites for hydroxylation is 1. The van der Waals surface area contributed by atoms with E-state index in [0.717, 1.165) is 35.1 Å². The summed E-state index contributed by atoms with van der Waals surface area (Å²) in [6.45, 7) is 1.33. The summed E-state index contributed by atoms with van der Waals surface area (Å²) in [5.41, 5.74) is 2.92. The molecule has 6 nitrogen and oxygen atoms in total. The van der Waals surface area contributed by atoms with Crippen molar-refractivity contribution >= 4 is 22.5 Å². The molecule has 2 heterocycles. The van der Waals surface area contributed by atoms with Crippen molar-refractivity contribution in [3.8, 4) is 0 Å². The summed E-state index contributed by atoms with van der Waals surface area (Å²) >= 11 is 0. The molecule has 0 aliphatic carbocycles. The molecule has 6 heteroatoms. The Labute approximate surface area is 151 Å². The van der Waals surface area contributed by atoms with E-state index in [4.69, 9.17) is 4.84 Å². The van der Waals surface area contributed by atoms with Crippen LogP contribution in [0, 0.1) is 0 Å². The van der Waals surface area contributed by atoms with Crippen molar-refractivity contribution in [1.82, 2.24) is 15.1 Å². The van der Waals surface area contributed by atoms with Gasteiger partial charge in [-0.05, 0) is 18.1 Å². The Morgan fingerprint density at radius 2 is 1.96 bits per heavy atom. The van der Waals surface area contributed by atoms with Crippen molar-refractivity contribution in [2.24, 2.45) is 5.16 Å². The fraction of sp³-hybridized carbons (Fsp3) is 0.250. The van der Waals surface area contributed by atoms with Crippen molar-refractivity contribution in [2.75, 3.05) is 6.54 Å². The maximum Gasteiger partial charge on any atom is 0.264 e. The molecule has 0 spiro atoms. The van der Waals surface area contributed by atoms with E-state index in [2.05, 4.69) is 21.6 Å². The average Bonchev–Trinajstić information content (AvgIpc) is 3.33. The van der Waals surface area contributed by atoms with Crippen molar-refractivity contribution in [3.63, 3.8) is 0 Å². The van der Waals surface area contributed by atoms with Crippen molar-refractivity contribution in [2.45, 2.75) is 25.5 Å². The highest BCUT2D eigenvalue weighted by Crippen LogP contribution is 2.17. The Bertz CT molecular complexity index is 933. The third kappa shape index (κ3) is 3.44. The second-order valence-corrected chi connectivity index (χ2v) is 6.27. The van der Waals surface area contributed by atoms with Crippen LogP contribution in [0.1, 0.15) is 18.4 Å². The maximum absolute atomic E-state index is 12.3. The summed E-state index contributed by atoms with van der Waals surface area (Å²) < 4.78 is 1.96. The van der Waals surface area contributed by atoms with Crippen molar-refractivity contribution in [1.29, 1.82) is 0 Å². The number of amides is 1. The third-order valence-electron chi connectivity index (χ3n) is 4.47. The lowest BCUT2D eigenvalue weighted by Crippen LogP contribution is -2.35. The molecule has 3 aromatic rings. The second kappa shape index (κ2) is 7.39. The van der Waals surface area contributed by atoms with Crippen LogP contribution in [-0.4, -0.2) is 34.0 Å². The lowest BCUT2D eigenvalue weighted by Gasteiger charge is -2.10. The first-order chi connectivity index (χ1) is 12.8. The van der Waals surface area contributed by atoms with Crippen molar-refractivity contribution < 1.29 is 9.63 Å². The number of benzene rings is 2. The zero-order chi connectivity index (χ0) is 17.8. The number of nitrogens with zero attached hydrogens (tertiary/aromatic N) is 3. The number of hydrogen-bond acceptors (Lipinski definition) is 4. The smallest absolute Gasteiger partial charge is 0.264 e. The highest BCUT2D eigenvalue weighted by atomic mass is 16.6. The predicted molar refractivity (Wildman–Crippen MR) is 99.8 cm³/mol. The molecule has 1 atom stereocenters. The topological polar surface area (TPSA) is 68.5 Å². The van der Waals surface area contributed by atoms with Crippen LogP contribution < -0.4 is 5.32 Å². The van der Waals surface area contributed by atoms with Gasteiger partial charge in [-0.2, -0.15) is 5.10 Å². The van der Waals surface area contributed by atoms with Gasteiger partial charge in [0, 0.05) is 24.9 Å². The molecule has 2 aromatic carbocycles. The van der Waals surface area contributed by atoms with Crippen molar-refractivity contribution in [3.05, 3.63) is 66.4 Å². The number of carbonyl (C=O) groups excluding carboxylic acids is 1. The van der Waals surface area contributed by atoms with Gasteiger partial charge in [-0.3, -0.25) is 9.48 Å². The molecule has 1 aliphatic heterocycles. The normalized spacial score (nSPS) is 16.3. The third-order valence-corrected chi connectivity index (χ3v) is 4.47. The van der Waals surface area contributed by atoms with E-state index >= 15 is 0 Å². The Morgan fingerprint density at radius 1 is 1.15 bits per heavy atom. The molecule has 1 aliphatic rings. The van der Waals surface area contributed by atoms with Crippen LogP contribution in [0.5, 0.6) is 0 Å². The minimum atomic E-state index is -0.546. The molecule has 0 saturated carbocycles. The van der Waals surface area contributed by atoms with Gasteiger partial charge in [-0.25, -0.2) is 0 Å². The SMILES string of the molecule is O=C(NCCCn1ncc2ccccc21)C1CC(c2ccccc2)=NO1. The number of fused-ring (bicyclic) bond motifs is 1. The molecule has 1 unspecified atom stereocenters. The van der Waals surface area contributed by atoms with Gasteiger partial charge in [0.05, 0.1) is 17.4 Å². The fourth-order valence-electron chi connectivity index (χ4n) is 3.08. The number of hydrogen-bond donors (Lipinski definition) is 1. The Kier molecular flexibility index (Phi) is 4.64. The molecule has 0 fully saturated rings. The van der Waals surface area contributed by atoms with Gasteiger partial charge in [0.25, 0.3) is 5.91 Å². The van der Waals surface area contributed by atoms with E-state index in [-0.39, 0.29) is 5.91 Å². The first-order valence-corrected chi connectivity index (χ1v) is 8.77. The minimum absolute atomic E-state index is 0.120. The molecule has 26 heavy (non-hydrogen) atoms. The molecule has 1 amide bonds. The molecule has 1 N–H and O–H groups in total. The monoisotopic (exact) mass is 348 g/mol. The van der Waals surface area contributed by atoms with Crippen LogP contribution in [0.4, 0.5) is 0 Å². The highest BCUT2D eigenvalue weighted by molar-refractivity contribution is 6.04. The van der Waals surface area contributed by atoms with Gasteiger partial charge >= 0.3 is 0 Å². The van der Waals surface area contributed by atoms with Crippen LogP contribution in [-0.2, 0) is 16.2 Å². The highest BCUT2D eigenvalue weighted by Gasteiger charge is 2.28. The first-order valence-electron chi connectivity index (χ1n) is 8.77. The molecular weight excluding hydrogens is 328 g/mol. The summed E-state index contributed by atoms with van der Waals surface area (Å²) in [7, 11) is 0. The number of aromatic nitrogens is 2. The van der Waals surface area contributed by atoms with E-state index in [1.807, 2.05) is 59.4 Å². The number of para-hydroxylation sites is 1. The van der Waals surface area contributed by atoms with Gasteiger partial charge < -0.3 is 10.2 Å². The van der Waals surface area contributed by atoms with Gasteiger partial charge in [-0.1, -0.05) is 53.7 Å². The summed E-state index contributed by atoms with van der Waals surface area (Å²) in [6, 6.07) is 17.9. The van der Waals surface area contributed by atoms with E-state index in [0.29, 0.717) is 13.0 Å². The molecule has 132 valence electrons. The second-order valence-electron chi connectivity index (χ2n) is 6.27. The molecule has 0 saturated heterocycles. The Morgan fingerprint density at radius 3 is 2.85 bits per heavy atom. The Balaban J connectivity index is 1.24. The van der Waals surface area contributed by atoms with E-state index < -0.39 is 6.10 Å². The molecule has 1 aromatic heterocycles. The largest absolute Gasteiger partial charge is 0.382 e. The zero-order valence-corrected chi connectivity index (χ0v) is 14.3. The van der Waals surface area contributed by atoms with E-state index in [1.165, 1.54) is 0 Å². The van der Waals surface area contributed by atoms with Crippen LogP contribution in [0.2, 0.25) is 0 Å². The van der Waals surface area contributed by atoms with Crippen LogP contribution >= 0.6 is 0 Å². The van der Waals surface area contributed by atoms with Crippen LogP contribution in [0.3, 0.4) is 0 Å². The predicted octanol–water partition coefficient (Wildman–Crippen LogP) is 2.74. The first kappa shape index (κ1) is 16.3. The average molecular weight is 348 g/mol. The van der Waals surface area contributed by atoms with Gasteiger partial charge in [0.2, 0.25) is 6.10 Å². The Hall–Kier alpha value is -3.15. The zero-order valence-electron chi connectivity index (χ0n) is 14.3. The summed E-state index contributed by atoms with van der Waals surface area (Å²) in [6.07, 6.45) is 2.62. The number of oxime groups is 1. The standard InChI is InChI=1S/C20H20N4O2/c25-20(19-13-17(23-26-19)15-7-2-1-3-8-15)21-11-6-12-24-18-10-5-4-9-16(18)14-22-24/h1-5,7-10,14,19H,6,11-13H2,(H,21,25). The lowest BCUT2D eigenvalue weighted by molar-refractivity contribution is -0.131. The van der Waals surface area contributed by atoms with Gasteiger partial charge in [-0.15, -0.1) is 0 Å². The van der Waals surface area contributed by atoms with E-state index in [1.54, 1.807) is 0 Å². The number of carbonyl (C=O) groups is 1.